The van der Waals surface area contributed by atoms with E-state index in [2.05, 4.69) is 35.1 Å². The van der Waals surface area contributed by atoms with Gasteiger partial charge >= 0.3 is 0 Å². The van der Waals surface area contributed by atoms with E-state index in [1.54, 1.807) is 37.1 Å². The Labute approximate surface area is 217 Å². The topological polar surface area (TPSA) is 89.0 Å². The van der Waals surface area contributed by atoms with E-state index >= 15 is 4.39 Å². The van der Waals surface area contributed by atoms with Gasteiger partial charge in [0, 0.05) is 67.2 Å². The van der Waals surface area contributed by atoms with Gasteiger partial charge < -0.3 is 15.0 Å². The highest BCUT2D eigenvalue weighted by atomic mass is 19.1. The minimum Gasteiger partial charge on any atom is -0.378 e. The summed E-state index contributed by atoms with van der Waals surface area (Å²) in [6.45, 7) is 4.45. The zero-order valence-corrected chi connectivity index (χ0v) is 20.5. The first-order valence-electron chi connectivity index (χ1n) is 12.2. The average Bonchev–Trinajstić information content (AvgIpc) is 2.95. The van der Waals surface area contributed by atoms with Crippen LogP contribution in [0.2, 0.25) is 0 Å². The van der Waals surface area contributed by atoms with Crippen molar-refractivity contribution in [2.45, 2.75) is 6.92 Å². The maximum absolute atomic E-state index is 15.3. The average molecular weight is 512 g/mol. The summed E-state index contributed by atoms with van der Waals surface area (Å²) in [6.07, 6.45) is 8.22. The Morgan fingerprint density at radius 2 is 1.76 bits per heavy atom. The zero-order chi connectivity index (χ0) is 26.1. The first-order valence-corrected chi connectivity index (χ1v) is 12.2. The summed E-state index contributed by atoms with van der Waals surface area (Å²) in [4.78, 5) is 24.5. The van der Waals surface area contributed by atoms with Gasteiger partial charge in [0.05, 0.1) is 58.8 Å². The van der Waals surface area contributed by atoms with Crippen LogP contribution in [0.4, 0.5) is 26.0 Å². The van der Waals surface area contributed by atoms with E-state index in [0.717, 1.165) is 11.9 Å². The molecule has 5 heterocycles. The van der Waals surface area contributed by atoms with Crippen LogP contribution >= 0.6 is 0 Å². The number of aromatic nitrogens is 5. The fourth-order valence-corrected chi connectivity index (χ4v) is 4.60. The molecular formula is C28H23F2N7O. The van der Waals surface area contributed by atoms with Gasteiger partial charge in [-0.2, -0.15) is 0 Å². The fraction of sp³-hybridized carbons (Fsp3) is 0.179. The summed E-state index contributed by atoms with van der Waals surface area (Å²) in [5.41, 5.74) is 4.35. The zero-order valence-electron chi connectivity index (χ0n) is 20.5. The van der Waals surface area contributed by atoms with Crippen LogP contribution in [0.5, 0.6) is 0 Å². The van der Waals surface area contributed by atoms with Gasteiger partial charge in [-0.05, 0) is 19.1 Å². The second-order valence-electron chi connectivity index (χ2n) is 8.86. The Morgan fingerprint density at radius 1 is 0.921 bits per heavy atom. The normalized spacial score (nSPS) is 13.6. The lowest BCUT2D eigenvalue weighted by Crippen LogP contribution is -2.36. The van der Waals surface area contributed by atoms with Crippen molar-refractivity contribution in [3.63, 3.8) is 0 Å². The molecule has 1 aliphatic rings. The number of hydrogen-bond donors (Lipinski definition) is 1. The maximum Gasteiger partial charge on any atom is 0.137 e. The summed E-state index contributed by atoms with van der Waals surface area (Å²) < 4.78 is 35.1. The van der Waals surface area contributed by atoms with Gasteiger partial charge in [0.2, 0.25) is 0 Å². The molecule has 4 aromatic heterocycles. The van der Waals surface area contributed by atoms with Crippen LogP contribution in [0, 0.1) is 18.6 Å². The molecule has 1 aliphatic heterocycles. The number of benzene rings is 1. The van der Waals surface area contributed by atoms with Crippen molar-refractivity contribution < 1.29 is 13.5 Å². The second-order valence-corrected chi connectivity index (χ2v) is 8.86. The molecule has 1 saturated heterocycles. The Bertz CT molecular complexity index is 1610. The van der Waals surface area contributed by atoms with Gasteiger partial charge in [-0.25, -0.2) is 18.7 Å². The van der Waals surface area contributed by atoms with Crippen LogP contribution in [0.15, 0.2) is 67.4 Å². The Morgan fingerprint density at radius 3 is 2.53 bits per heavy atom. The number of halogens is 2. The molecule has 0 aliphatic carbocycles. The molecule has 0 bridgehead atoms. The van der Waals surface area contributed by atoms with Crippen LogP contribution in [-0.2, 0) is 4.74 Å². The molecule has 8 nitrogen and oxygen atoms in total. The van der Waals surface area contributed by atoms with Crippen molar-refractivity contribution >= 4 is 28.1 Å². The predicted octanol–water partition coefficient (Wildman–Crippen LogP) is 5.32. The number of pyridine rings is 3. The molecule has 38 heavy (non-hydrogen) atoms. The van der Waals surface area contributed by atoms with Crippen LogP contribution in [0.1, 0.15) is 5.56 Å². The third-order valence-corrected chi connectivity index (χ3v) is 6.48. The standard InChI is InChI=1S/C28H23F2N7O/c1-17-27(21-4-2-3-5-32-21)36-23-13-18(29)12-20(30)26(23)28(17)35-22-14-25(37-8-10-38-11-9-37)34-15-19(22)24-16-31-6-7-33-24/h2-7,12-16H,8-11H2,1H3,(H,34,35,36). The third-order valence-electron chi connectivity index (χ3n) is 6.48. The summed E-state index contributed by atoms with van der Waals surface area (Å²) >= 11 is 0. The molecule has 10 heteroatoms. The van der Waals surface area contributed by atoms with Crippen molar-refractivity contribution in [2.24, 2.45) is 0 Å². The molecule has 0 radical (unpaired) electrons. The van der Waals surface area contributed by atoms with E-state index in [-0.39, 0.29) is 10.9 Å². The van der Waals surface area contributed by atoms with Crippen LogP contribution in [-0.4, -0.2) is 51.2 Å². The summed E-state index contributed by atoms with van der Waals surface area (Å²) in [5, 5.41) is 3.62. The van der Waals surface area contributed by atoms with Gasteiger partial charge in [-0.3, -0.25) is 15.0 Å². The minimum atomic E-state index is -0.714. The molecule has 0 spiro atoms. The van der Waals surface area contributed by atoms with Crippen LogP contribution in [0.25, 0.3) is 33.5 Å². The molecule has 6 rings (SSSR count). The van der Waals surface area contributed by atoms with E-state index in [9.17, 15) is 4.39 Å². The molecule has 0 saturated carbocycles. The number of ether oxygens (including phenoxy) is 1. The first-order chi connectivity index (χ1) is 18.6. The van der Waals surface area contributed by atoms with Crippen molar-refractivity contribution in [1.82, 2.24) is 24.9 Å². The Balaban J connectivity index is 1.56. The molecule has 0 atom stereocenters. The second kappa shape index (κ2) is 10.1. The third kappa shape index (κ3) is 4.50. The maximum atomic E-state index is 15.3. The molecule has 1 aromatic carbocycles. The number of rotatable bonds is 5. The van der Waals surface area contributed by atoms with Gasteiger partial charge in [-0.15, -0.1) is 0 Å². The SMILES string of the molecule is Cc1c(-c2ccccn2)nc2cc(F)cc(F)c2c1Nc1cc(N2CCOCC2)ncc1-c1cnccn1. The molecule has 1 N–H and O–H groups in total. The number of fused-ring (bicyclic) bond motifs is 1. The van der Waals surface area contributed by atoms with Gasteiger partial charge in [0.25, 0.3) is 0 Å². The van der Waals surface area contributed by atoms with E-state index in [1.165, 1.54) is 6.07 Å². The Kier molecular flexibility index (Phi) is 6.30. The highest BCUT2D eigenvalue weighted by molar-refractivity contribution is 5.99. The number of nitrogens with zero attached hydrogens (tertiary/aromatic N) is 6. The monoisotopic (exact) mass is 511 g/mol. The van der Waals surface area contributed by atoms with E-state index in [4.69, 9.17) is 4.74 Å². The highest BCUT2D eigenvalue weighted by Crippen LogP contribution is 2.39. The van der Waals surface area contributed by atoms with E-state index in [0.29, 0.717) is 65.9 Å². The number of anilines is 3. The molecule has 0 unspecified atom stereocenters. The molecule has 5 aromatic rings. The van der Waals surface area contributed by atoms with Gasteiger partial charge in [0.15, 0.2) is 0 Å². The number of hydrogen-bond acceptors (Lipinski definition) is 8. The quantitative estimate of drug-likeness (QED) is 0.339. The number of morpholine rings is 1. The van der Waals surface area contributed by atoms with E-state index in [1.807, 2.05) is 25.1 Å². The molecular weight excluding hydrogens is 488 g/mol. The largest absolute Gasteiger partial charge is 0.378 e. The smallest absolute Gasteiger partial charge is 0.137 e. The number of nitrogens with one attached hydrogen (secondary N) is 1. The Hall–Kier alpha value is -4.57. The lowest BCUT2D eigenvalue weighted by molar-refractivity contribution is 0.122. The van der Waals surface area contributed by atoms with Gasteiger partial charge in [0.1, 0.15) is 17.5 Å². The summed E-state index contributed by atoms with van der Waals surface area (Å²) in [5.74, 6) is -0.673. The lowest BCUT2D eigenvalue weighted by atomic mass is 10.0. The molecule has 1 fully saturated rings. The summed E-state index contributed by atoms with van der Waals surface area (Å²) in [7, 11) is 0. The molecule has 0 amide bonds. The van der Waals surface area contributed by atoms with Crippen molar-refractivity contribution in [3.8, 4) is 22.6 Å². The van der Waals surface area contributed by atoms with Crippen molar-refractivity contribution in [2.75, 3.05) is 36.5 Å². The van der Waals surface area contributed by atoms with E-state index < -0.39 is 11.6 Å². The predicted molar refractivity (Wildman–Crippen MR) is 141 cm³/mol. The van der Waals surface area contributed by atoms with Crippen molar-refractivity contribution in [1.29, 1.82) is 0 Å². The first kappa shape index (κ1) is 23.8. The lowest BCUT2D eigenvalue weighted by Gasteiger charge is -2.28. The fourth-order valence-electron chi connectivity index (χ4n) is 4.60. The van der Waals surface area contributed by atoms with Crippen molar-refractivity contribution in [3.05, 3.63) is 84.6 Å². The minimum absolute atomic E-state index is 0.179. The van der Waals surface area contributed by atoms with Crippen LogP contribution in [0.3, 0.4) is 0 Å². The van der Waals surface area contributed by atoms with Crippen LogP contribution < -0.4 is 10.2 Å². The summed E-state index contributed by atoms with van der Waals surface area (Å²) in [6, 6.07) is 9.46. The highest BCUT2D eigenvalue weighted by Gasteiger charge is 2.21. The van der Waals surface area contributed by atoms with Gasteiger partial charge in [-0.1, -0.05) is 6.07 Å². The molecule has 190 valence electrons.